The van der Waals surface area contributed by atoms with Crippen LogP contribution in [-0.4, -0.2) is 37.2 Å². The highest BCUT2D eigenvalue weighted by Crippen LogP contribution is 2.16. The molecular weight excluding hydrogens is 925 g/mol. The molecule has 0 N–H and O–H groups in total. The minimum Gasteiger partial charge on any atom is -0.462 e. The lowest BCUT2D eigenvalue weighted by molar-refractivity contribution is -0.166. The van der Waals surface area contributed by atoms with Crippen LogP contribution in [-0.2, 0) is 28.6 Å². The molecule has 0 spiro atoms. The summed E-state index contributed by atoms with van der Waals surface area (Å²) >= 11 is 0. The Kier molecular flexibility index (Phi) is 58.9. The van der Waals surface area contributed by atoms with Crippen LogP contribution in [0.25, 0.3) is 0 Å². The van der Waals surface area contributed by atoms with Crippen molar-refractivity contribution in [3.05, 3.63) is 122 Å². The first-order chi connectivity index (χ1) is 37.0. The molecule has 6 nitrogen and oxygen atoms in total. The highest BCUT2D eigenvalue weighted by atomic mass is 16.6. The van der Waals surface area contributed by atoms with E-state index in [2.05, 4.69) is 136 Å². The van der Waals surface area contributed by atoms with Crippen molar-refractivity contribution in [1.82, 2.24) is 0 Å². The zero-order valence-electron chi connectivity index (χ0n) is 48.8. The summed E-state index contributed by atoms with van der Waals surface area (Å²) in [5, 5.41) is 0. The van der Waals surface area contributed by atoms with Crippen LogP contribution in [0.5, 0.6) is 0 Å². The van der Waals surface area contributed by atoms with E-state index in [9.17, 15) is 14.4 Å². The fourth-order valence-corrected chi connectivity index (χ4v) is 8.33. The molecule has 0 bridgehead atoms. The first-order valence-electron chi connectivity index (χ1n) is 31.0. The molecule has 0 saturated heterocycles. The van der Waals surface area contributed by atoms with Crippen molar-refractivity contribution in [3.8, 4) is 0 Å². The van der Waals surface area contributed by atoms with Crippen molar-refractivity contribution >= 4 is 17.9 Å². The van der Waals surface area contributed by atoms with Crippen LogP contribution >= 0.6 is 0 Å². The predicted octanol–water partition coefficient (Wildman–Crippen LogP) is 21.2. The molecule has 0 amide bonds. The van der Waals surface area contributed by atoms with Gasteiger partial charge in [-0.3, -0.25) is 14.4 Å². The summed E-state index contributed by atoms with van der Waals surface area (Å²) in [7, 11) is 0. The second-order valence-electron chi connectivity index (χ2n) is 20.2. The third-order valence-corrected chi connectivity index (χ3v) is 13.0. The minimum atomic E-state index is -0.825. The molecule has 0 aliphatic heterocycles. The number of carbonyl (C=O) groups is 3. The molecule has 0 saturated carbocycles. The average molecular weight is 1040 g/mol. The van der Waals surface area contributed by atoms with Crippen LogP contribution in [0.4, 0.5) is 0 Å². The van der Waals surface area contributed by atoms with E-state index in [1.165, 1.54) is 128 Å². The Morgan fingerprint density at radius 3 is 0.920 bits per heavy atom. The van der Waals surface area contributed by atoms with E-state index in [1.54, 1.807) is 0 Å². The van der Waals surface area contributed by atoms with E-state index >= 15 is 0 Å². The van der Waals surface area contributed by atoms with E-state index < -0.39 is 6.10 Å². The van der Waals surface area contributed by atoms with Gasteiger partial charge in [0.15, 0.2) is 6.10 Å². The van der Waals surface area contributed by atoms with Crippen LogP contribution in [0.3, 0.4) is 0 Å². The summed E-state index contributed by atoms with van der Waals surface area (Å²) < 4.78 is 16.8. The molecule has 0 unspecified atom stereocenters. The van der Waals surface area contributed by atoms with Crippen molar-refractivity contribution in [2.75, 3.05) is 13.2 Å². The fraction of sp³-hybridized carbons (Fsp3) is 0.667. The molecule has 0 aromatic carbocycles. The maximum absolute atomic E-state index is 12.9. The number of hydrogen-bond donors (Lipinski definition) is 0. The first-order valence-corrected chi connectivity index (χ1v) is 31.0. The Balaban J connectivity index is 4.54. The number of rotatable bonds is 55. The third kappa shape index (κ3) is 60.6. The SMILES string of the molecule is CC/C=C\C/C=C\C/C=C\C/C=C\C/C=C\C/C=C\CCC(=O)OC[C@H](COC(=O)CCCCC/C=C\C/C=C\C/C=C\C/C=C\CCCCC)OC(=O)CCCCCCCCCCCCCCCCCCCCC. The summed E-state index contributed by atoms with van der Waals surface area (Å²) in [6, 6.07) is 0. The first kappa shape index (κ1) is 70.8. The molecule has 0 rings (SSSR count). The Morgan fingerprint density at radius 1 is 0.280 bits per heavy atom. The second kappa shape index (κ2) is 62.4. The van der Waals surface area contributed by atoms with Crippen molar-refractivity contribution < 1.29 is 28.6 Å². The predicted molar refractivity (Wildman–Crippen MR) is 325 cm³/mol. The minimum absolute atomic E-state index is 0.119. The van der Waals surface area contributed by atoms with Crippen LogP contribution in [0.1, 0.15) is 278 Å². The van der Waals surface area contributed by atoms with Gasteiger partial charge in [0.1, 0.15) is 13.2 Å². The summed E-state index contributed by atoms with van der Waals surface area (Å²) in [6.45, 7) is 6.43. The van der Waals surface area contributed by atoms with E-state index in [4.69, 9.17) is 14.2 Å². The van der Waals surface area contributed by atoms with Gasteiger partial charge in [-0.1, -0.05) is 277 Å². The van der Waals surface area contributed by atoms with Gasteiger partial charge in [0, 0.05) is 19.3 Å². The molecule has 0 fully saturated rings. The van der Waals surface area contributed by atoms with Crippen LogP contribution in [0, 0.1) is 0 Å². The number of ether oxygens (including phenoxy) is 3. The Labute approximate surface area is 462 Å². The van der Waals surface area contributed by atoms with E-state index in [0.717, 1.165) is 103 Å². The molecule has 0 aliphatic rings. The van der Waals surface area contributed by atoms with Crippen molar-refractivity contribution in [2.24, 2.45) is 0 Å². The maximum atomic E-state index is 12.9. The highest BCUT2D eigenvalue weighted by Gasteiger charge is 2.19. The third-order valence-electron chi connectivity index (χ3n) is 13.0. The largest absolute Gasteiger partial charge is 0.462 e. The molecule has 0 aliphatic carbocycles. The monoisotopic (exact) mass is 1040 g/mol. The Morgan fingerprint density at radius 2 is 0.547 bits per heavy atom. The molecule has 0 aromatic heterocycles. The van der Waals surface area contributed by atoms with Crippen LogP contribution in [0.2, 0.25) is 0 Å². The van der Waals surface area contributed by atoms with E-state index in [0.29, 0.717) is 19.3 Å². The summed E-state index contributed by atoms with van der Waals surface area (Å²) in [5.41, 5.74) is 0. The second-order valence-corrected chi connectivity index (χ2v) is 20.2. The van der Waals surface area contributed by atoms with Gasteiger partial charge in [-0.25, -0.2) is 0 Å². The number of hydrogen-bond acceptors (Lipinski definition) is 6. The number of carbonyl (C=O) groups excluding carboxylic acids is 3. The molecule has 75 heavy (non-hydrogen) atoms. The molecule has 0 radical (unpaired) electrons. The fourth-order valence-electron chi connectivity index (χ4n) is 8.33. The van der Waals surface area contributed by atoms with Gasteiger partial charge in [-0.05, 0) is 103 Å². The van der Waals surface area contributed by atoms with Gasteiger partial charge >= 0.3 is 17.9 Å². The van der Waals surface area contributed by atoms with Crippen LogP contribution in [0.15, 0.2) is 122 Å². The quantitative estimate of drug-likeness (QED) is 0.0261. The van der Waals surface area contributed by atoms with Crippen molar-refractivity contribution in [3.63, 3.8) is 0 Å². The molecule has 426 valence electrons. The topological polar surface area (TPSA) is 78.9 Å². The summed E-state index contributed by atoms with van der Waals surface area (Å²) in [5.74, 6) is -1.03. The normalized spacial score (nSPS) is 12.9. The zero-order chi connectivity index (χ0) is 54.3. The van der Waals surface area contributed by atoms with E-state index in [1.807, 2.05) is 6.08 Å². The molecule has 1 atom stereocenters. The van der Waals surface area contributed by atoms with Crippen LogP contribution < -0.4 is 0 Å². The Hall–Kier alpha value is -4.19. The number of esters is 3. The summed E-state index contributed by atoms with van der Waals surface area (Å²) in [4.78, 5) is 38.3. The van der Waals surface area contributed by atoms with Gasteiger partial charge in [0.05, 0.1) is 0 Å². The summed E-state index contributed by atoms with van der Waals surface area (Å²) in [6.07, 6.45) is 86.4. The number of unbranched alkanes of at least 4 members (excludes halogenated alkanes) is 24. The van der Waals surface area contributed by atoms with Crippen molar-refractivity contribution in [1.29, 1.82) is 0 Å². The molecular formula is C69H114O6. The lowest BCUT2D eigenvalue weighted by atomic mass is 10.0. The number of allylic oxidation sites excluding steroid dienone is 20. The Bertz CT molecular complexity index is 1570. The standard InChI is InChI=1S/C69H114O6/c1-4-7-10-13-16-19-22-25-28-31-34-37-40-43-46-49-52-55-58-61-67(70)73-64-66(75-69(72)63-60-57-54-51-48-45-42-39-36-33-30-27-24-21-18-15-12-9-6-3)65-74-68(71)62-59-56-53-50-47-44-41-38-35-32-29-26-23-20-17-14-11-8-5-2/h7,10,16-17,19-20,25-26,28-29,34-35,37-38,43-44,46-47,52,55,66H,4-6,8-9,11-15,18,21-24,27,30-33,36,39-42,45,48-51,53-54,56-65H2,1-3H3/b10-7-,19-16-,20-17-,28-25-,29-26-,37-34-,38-35-,46-43-,47-44-,55-52-/t66-/m1/s1. The van der Waals surface area contributed by atoms with E-state index in [-0.39, 0.29) is 37.5 Å². The lowest BCUT2D eigenvalue weighted by Gasteiger charge is -2.18. The molecule has 0 heterocycles. The smallest absolute Gasteiger partial charge is 0.306 e. The lowest BCUT2D eigenvalue weighted by Crippen LogP contribution is -2.30. The van der Waals surface area contributed by atoms with Crippen molar-refractivity contribution in [2.45, 2.75) is 284 Å². The zero-order valence-corrected chi connectivity index (χ0v) is 48.8. The van der Waals surface area contributed by atoms with Gasteiger partial charge in [-0.2, -0.15) is 0 Å². The van der Waals surface area contributed by atoms with Gasteiger partial charge in [-0.15, -0.1) is 0 Å². The molecule has 0 aromatic rings. The average Bonchev–Trinajstić information content (AvgIpc) is 3.41. The van der Waals surface area contributed by atoms with Gasteiger partial charge in [0.2, 0.25) is 0 Å². The van der Waals surface area contributed by atoms with Gasteiger partial charge in [0.25, 0.3) is 0 Å². The molecule has 6 heteroatoms. The van der Waals surface area contributed by atoms with Gasteiger partial charge < -0.3 is 14.2 Å². The maximum Gasteiger partial charge on any atom is 0.306 e. The highest BCUT2D eigenvalue weighted by molar-refractivity contribution is 5.71.